The van der Waals surface area contributed by atoms with E-state index in [4.69, 9.17) is 5.73 Å². The second kappa shape index (κ2) is 4.88. The van der Waals surface area contributed by atoms with Crippen LogP contribution in [0.15, 0.2) is 0 Å². The van der Waals surface area contributed by atoms with Crippen molar-refractivity contribution < 1.29 is 9.59 Å². The lowest BCUT2D eigenvalue weighted by atomic mass is 9.95. The van der Waals surface area contributed by atoms with Crippen molar-refractivity contribution >= 4 is 12.2 Å². The summed E-state index contributed by atoms with van der Waals surface area (Å²) in [6.07, 6.45) is 2.25. The Balaban J connectivity index is 3.80. The molecule has 0 saturated heterocycles. The number of hydrogen-bond donors (Lipinski definition) is 1. The van der Waals surface area contributed by atoms with E-state index in [2.05, 4.69) is 0 Å². The molecule has 0 aliphatic rings. The van der Waals surface area contributed by atoms with Crippen LogP contribution in [0.5, 0.6) is 0 Å². The Kier molecular flexibility index (Phi) is 4.50. The smallest absolute Gasteiger partial charge is 0.220 e. The van der Waals surface area contributed by atoms with Crippen LogP contribution < -0.4 is 5.73 Å². The van der Waals surface area contributed by atoms with Crippen LogP contribution in [0.4, 0.5) is 0 Å². The number of rotatable bonds is 5. The van der Waals surface area contributed by atoms with Crippen LogP contribution in [0.1, 0.15) is 26.7 Å². The molecule has 2 N–H and O–H groups in total. The van der Waals surface area contributed by atoms with E-state index in [0.29, 0.717) is 6.42 Å². The zero-order valence-electron chi connectivity index (χ0n) is 7.04. The first kappa shape index (κ1) is 10.1. The minimum Gasteiger partial charge on any atom is -0.369 e. The summed E-state index contributed by atoms with van der Waals surface area (Å²) in [5.41, 5.74) is 5.04. The van der Waals surface area contributed by atoms with Crippen molar-refractivity contribution in [2.45, 2.75) is 26.7 Å². The van der Waals surface area contributed by atoms with E-state index in [-0.39, 0.29) is 17.7 Å². The molecule has 0 rings (SSSR count). The van der Waals surface area contributed by atoms with Gasteiger partial charge in [-0.2, -0.15) is 0 Å². The summed E-state index contributed by atoms with van der Waals surface area (Å²) < 4.78 is 0. The maximum absolute atomic E-state index is 10.6. The number of carbonyl (C=O) groups is 2. The van der Waals surface area contributed by atoms with Gasteiger partial charge >= 0.3 is 0 Å². The van der Waals surface area contributed by atoms with Gasteiger partial charge in [0, 0.05) is 11.8 Å². The molecule has 0 aliphatic heterocycles. The Hall–Kier alpha value is -0.860. The fourth-order valence-electron chi connectivity index (χ4n) is 0.889. The summed E-state index contributed by atoms with van der Waals surface area (Å²) in [7, 11) is 0. The quantitative estimate of drug-likeness (QED) is 0.598. The normalized spacial score (nSPS) is 15.5. The van der Waals surface area contributed by atoms with Gasteiger partial charge < -0.3 is 10.5 Å². The molecular formula is C8H15NO2. The SMILES string of the molecule is CCC(C=O)CC(C)C(N)=O. The third-order valence-electron chi connectivity index (χ3n) is 1.86. The van der Waals surface area contributed by atoms with Gasteiger partial charge in [0.25, 0.3) is 0 Å². The third-order valence-corrected chi connectivity index (χ3v) is 1.86. The van der Waals surface area contributed by atoms with Crippen LogP contribution in [0.2, 0.25) is 0 Å². The van der Waals surface area contributed by atoms with Crippen molar-refractivity contribution in [3.05, 3.63) is 0 Å². The van der Waals surface area contributed by atoms with Crippen LogP contribution in [0.25, 0.3) is 0 Å². The van der Waals surface area contributed by atoms with Crippen molar-refractivity contribution in [2.24, 2.45) is 17.6 Å². The highest BCUT2D eigenvalue weighted by Crippen LogP contribution is 2.12. The zero-order chi connectivity index (χ0) is 8.85. The Morgan fingerprint density at radius 1 is 1.64 bits per heavy atom. The van der Waals surface area contributed by atoms with E-state index in [9.17, 15) is 9.59 Å². The maximum Gasteiger partial charge on any atom is 0.220 e. The van der Waals surface area contributed by atoms with Crippen LogP contribution in [0.3, 0.4) is 0 Å². The molecule has 2 unspecified atom stereocenters. The van der Waals surface area contributed by atoms with Gasteiger partial charge in [0.15, 0.2) is 0 Å². The minimum absolute atomic E-state index is 0.0162. The van der Waals surface area contributed by atoms with E-state index in [0.717, 1.165) is 12.7 Å². The predicted molar refractivity (Wildman–Crippen MR) is 42.8 cm³/mol. The predicted octanol–water partition coefficient (Wildman–Crippen LogP) is 0.723. The molecule has 0 heterocycles. The fraction of sp³-hybridized carbons (Fsp3) is 0.750. The van der Waals surface area contributed by atoms with E-state index in [1.54, 1.807) is 6.92 Å². The highest BCUT2D eigenvalue weighted by Gasteiger charge is 2.14. The van der Waals surface area contributed by atoms with Gasteiger partial charge in [-0.15, -0.1) is 0 Å². The van der Waals surface area contributed by atoms with Gasteiger partial charge in [0.05, 0.1) is 0 Å². The molecule has 64 valence electrons. The Morgan fingerprint density at radius 3 is 2.45 bits per heavy atom. The molecule has 11 heavy (non-hydrogen) atoms. The number of nitrogens with two attached hydrogens (primary N) is 1. The summed E-state index contributed by atoms with van der Waals surface area (Å²) in [4.78, 5) is 20.9. The molecule has 2 atom stereocenters. The Bertz CT molecular complexity index is 145. The molecule has 1 amide bonds. The Morgan fingerprint density at radius 2 is 2.18 bits per heavy atom. The molecule has 0 saturated carbocycles. The second-order valence-corrected chi connectivity index (χ2v) is 2.84. The number of aldehydes is 1. The van der Waals surface area contributed by atoms with Crippen LogP contribution >= 0.6 is 0 Å². The van der Waals surface area contributed by atoms with Crippen LogP contribution in [0, 0.1) is 11.8 Å². The monoisotopic (exact) mass is 157 g/mol. The molecule has 3 nitrogen and oxygen atoms in total. The van der Waals surface area contributed by atoms with Crippen LogP contribution in [-0.2, 0) is 9.59 Å². The highest BCUT2D eigenvalue weighted by atomic mass is 16.1. The van der Waals surface area contributed by atoms with Gasteiger partial charge in [-0.1, -0.05) is 13.8 Å². The molecule has 0 spiro atoms. The third kappa shape index (κ3) is 3.75. The summed E-state index contributed by atoms with van der Waals surface area (Å²) in [6, 6.07) is 0. The molecule has 0 radical (unpaired) electrons. The number of primary amides is 1. The Labute approximate surface area is 67.0 Å². The largest absolute Gasteiger partial charge is 0.369 e. The van der Waals surface area contributed by atoms with Crippen molar-refractivity contribution in [1.29, 1.82) is 0 Å². The van der Waals surface area contributed by atoms with Crippen molar-refractivity contribution in [3.63, 3.8) is 0 Å². The fourth-order valence-corrected chi connectivity index (χ4v) is 0.889. The van der Waals surface area contributed by atoms with Crippen molar-refractivity contribution in [1.82, 2.24) is 0 Å². The van der Waals surface area contributed by atoms with Gasteiger partial charge in [0.2, 0.25) is 5.91 Å². The summed E-state index contributed by atoms with van der Waals surface area (Å²) in [5, 5.41) is 0. The van der Waals surface area contributed by atoms with Gasteiger partial charge in [-0.25, -0.2) is 0 Å². The van der Waals surface area contributed by atoms with E-state index < -0.39 is 0 Å². The van der Waals surface area contributed by atoms with E-state index in [1.165, 1.54) is 0 Å². The molecule has 0 aromatic rings. The first-order valence-electron chi connectivity index (χ1n) is 3.86. The average molecular weight is 157 g/mol. The first-order valence-corrected chi connectivity index (χ1v) is 3.86. The number of carbonyl (C=O) groups excluding carboxylic acids is 2. The minimum atomic E-state index is -0.328. The summed E-state index contributed by atoms with van der Waals surface area (Å²) in [6.45, 7) is 3.67. The molecule has 3 heteroatoms. The molecular weight excluding hydrogens is 142 g/mol. The van der Waals surface area contributed by atoms with Crippen LogP contribution in [-0.4, -0.2) is 12.2 Å². The molecule has 0 aromatic heterocycles. The second-order valence-electron chi connectivity index (χ2n) is 2.84. The molecule has 0 fully saturated rings. The van der Waals surface area contributed by atoms with E-state index in [1.807, 2.05) is 6.92 Å². The lowest BCUT2D eigenvalue weighted by molar-refractivity contribution is -0.122. The molecule has 0 bridgehead atoms. The number of hydrogen-bond acceptors (Lipinski definition) is 2. The lowest BCUT2D eigenvalue weighted by Gasteiger charge is -2.10. The van der Waals surface area contributed by atoms with E-state index >= 15 is 0 Å². The summed E-state index contributed by atoms with van der Waals surface area (Å²) in [5.74, 6) is -0.534. The topological polar surface area (TPSA) is 60.2 Å². The van der Waals surface area contributed by atoms with Gasteiger partial charge in [-0.3, -0.25) is 4.79 Å². The zero-order valence-corrected chi connectivity index (χ0v) is 7.04. The molecule has 0 aromatic carbocycles. The maximum atomic E-state index is 10.6. The van der Waals surface area contributed by atoms with Crippen molar-refractivity contribution in [3.8, 4) is 0 Å². The van der Waals surface area contributed by atoms with Gasteiger partial charge in [0.1, 0.15) is 6.29 Å². The standard InChI is InChI=1S/C8H15NO2/c1-3-7(5-10)4-6(2)8(9)11/h5-7H,3-4H2,1-2H3,(H2,9,11). The number of amides is 1. The highest BCUT2D eigenvalue weighted by molar-refractivity contribution is 5.76. The molecule has 0 aliphatic carbocycles. The van der Waals surface area contributed by atoms with Gasteiger partial charge in [-0.05, 0) is 12.8 Å². The first-order chi connectivity index (χ1) is 5.11. The summed E-state index contributed by atoms with van der Waals surface area (Å²) >= 11 is 0. The lowest BCUT2D eigenvalue weighted by Crippen LogP contribution is -2.23. The van der Waals surface area contributed by atoms with Crippen molar-refractivity contribution in [2.75, 3.05) is 0 Å². The average Bonchev–Trinajstić information content (AvgIpc) is 1.99.